The summed E-state index contributed by atoms with van der Waals surface area (Å²) in [5.41, 5.74) is 3.64. The monoisotopic (exact) mass is 450 g/mol. The van der Waals surface area contributed by atoms with Crippen LogP contribution >= 0.6 is 0 Å². The van der Waals surface area contributed by atoms with Gasteiger partial charge in [-0.25, -0.2) is 4.39 Å². The van der Waals surface area contributed by atoms with Gasteiger partial charge in [-0.1, -0.05) is 37.6 Å². The van der Waals surface area contributed by atoms with Crippen molar-refractivity contribution < 1.29 is 23.4 Å². The van der Waals surface area contributed by atoms with Gasteiger partial charge in [0.2, 0.25) is 0 Å². The van der Waals surface area contributed by atoms with Gasteiger partial charge in [0.05, 0.1) is 19.6 Å². The van der Waals surface area contributed by atoms with E-state index in [-0.39, 0.29) is 17.7 Å². The number of benzene rings is 3. The lowest BCUT2D eigenvalue weighted by Gasteiger charge is -2.18. The van der Waals surface area contributed by atoms with Crippen molar-refractivity contribution in [3.8, 4) is 28.4 Å². The fourth-order valence-corrected chi connectivity index (χ4v) is 3.67. The molecule has 0 aliphatic heterocycles. The topological polar surface area (TPSA) is 44.8 Å². The first-order chi connectivity index (χ1) is 16.0. The molecule has 1 unspecified atom stereocenters. The number of carbonyl (C=O) groups is 1. The summed E-state index contributed by atoms with van der Waals surface area (Å²) in [6.07, 6.45) is 2.89. The Morgan fingerprint density at radius 1 is 1.00 bits per heavy atom. The molecule has 0 fully saturated rings. The van der Waals surface area contributed by atoms with Gasteiger partial charge in [0.1, 0.15) is 23.1 Å². The van der Waals surface area contributed by atoms with Crippen molar-refractivity contribution in [1.82, 2.24) is 0 Å². The van der Waals surface area contributed by atoms with Crippen LogP contribution in [0.15, 0.2) is 60.7 Å². The van der Waals surface area contributed by atoms with Crippen LogP contribution in [-0.2, 0) is 16.0 Å². The van der Waals surface area contributed by atoms with Crippen LogP contribution in [0.3, 0.4) is 0 Å². The molecule has 0 aliphatic carbocycles. The molecule has 0 N–H and O–H groups in total. The smallest absolute Gasteiger partial charge is 0.313 e. The first kappa shape index (κ1) is 24.3. The number of esters is 1. The molecule has 33 heavy (non-hydrogen) atoms. The van der Waals surface area contributed by atoms with Crippen molar-refractivity contribution in [3.05, 3.63) is 77.6 Å². The maximum atomic E-state index is 13.4. The molecule has 0 bridgehead atoms. The lowest BCUT2D eigenvalue weighted by Crippen LogP contribution is -2.12. The van der Waals surface area contributed by atoms with Gasteiger partial charge in [0.25, 0.3) is 0 Å². The Kier molecular flexibility index (Phi) is 8.47. The van der Waals surface area contributed by atoms with Gasteiger partial charge in [0, 0.05) is 11.6 Å². The highest BCUT2D eigenvalue weighted by molar-refractivity contribution is 5.78. The first-order valence-corrected chi connectivity index (χ1v) is 11.4. The number of carbonyl (C=O) groups excluding carboxylic acids is 1. The highest BCUT2D eigenvalue weighted by Crippen LogP contribution is 2.39. The van der Waals surface area contributed by atoms with Crippen molar-refractivity contribution in [2.24, 2.45) is 0 Å². The zero-order valence-electron chi connectivity index (χ0n) is 19.7. The van der Waals surface area contributed by atoms with Gasteiger partial charge in [-0.05, 0) is 73.7 Å². The fourth-order valence-electron chi connectivity index (χ4n) is 3.67. The van der Waals surface area contributed by atoms with Crippen LogP contribution in [0.4, 0.5) is 4.39 Å². The molecule has 0 aromatic heterocycles. The number of hydrogen-bond acceptors (Lipinski definition) is 4. The third-order valence-corrected chi connectivity index (χ3v) is 5.56. The molecule has 3 rings (SSSR count). The highest BCUT2D eigenvalue weighted by Gasteiger charge is 2.18. The lowest BCUT2D eigenvalue weighted by atomic mass is 9.98. The van der Waals surface area contributed by atoms with Crippen LogP contribution < -0.4 is 9.47 Å². The Labute approximate surface area is 195 Å². The number of unbranched alkanes of at least 4 members (excludes halogenated alkanes) is 1. The van der Waals surface area contributed by atoms with Gasteiger partial charge in [-0.15, -0.1) is 0 Å². The summed E-state index contributed by atoms with van der Waals surface area (Å²) in [7, 11) is 1.61. The van der Waals surface area contributed by atoms with Gasteiger partial charge >= 0.3 is 5.97 Å². The lowest BCUT2D eigenvalue weighted by molar-refractivity contribution is -0.144. The van der Waals surface area contributed by atoms with Crippen LogP contribution in [0.2, 0.25) is 0 Å². The molecule has 0 saturated carbocycles. The van der Waals surface area contributed by atoms with E-state index in [1.54, 1.807) is 26.2 Å². The molecule has 0 heterocycles. The van der Waals surface area contributed by atoms with Crippen LogP contribution in [0.1, 0.15) is 50.7 Å². The Morgan fingerprint density at radius 2 is 1.76 bits per heavy atom. The summed E-state index contributed by atoms with van der Waals surface area (Å²) < 4.78 is 30.5. The summed E-state index contributed by atoms with van der Waals surface area (Å²) in [4.78, 5) is 12.2. The Hall–Kier alpha value is -3.34. The molecule has 5 heteroatoms. The Morgan fingerprint density at radius 3 is 2.42 bits per heavy atom. The summed E-state index contributed by atoms with van der Waals surface area (Å²) in [6, 6.07) is 17.8. The van der Waals surface area contributed by atoms with E-state index in [0.717, 1.165) is 41.5 Å². The van der Waals surface area contributed by atoms with Gasteiger partial charge in [-0.2, -0.15) is 0 Å². The van der Waals surface area contributed by atoms with E-state index in [0.29, 0.717) is 23.9 Å². The number of halogens is 1. The predicted molar refractivity (Wildman–Crippen MR) is 129 cm³/mol. The highest BCUT2D eigenvalue weighted by atomic mass is 19.1. The molecule has 0 spiro atoms. The summed E-state index contributed by atoms with van der Waals surface area (Å²) in [6.45, 7) is 6.11. The van der Waals surface area contributed by atoms with E-state index >= 15 is 0 Å². The number of hydrogen-bond donors (Lipinski definition) is 0. The largest absolute Gasteiger partial charge is 0.496 e. The van der Waals surface area contributed by atoms with Crippen LogP contribution in [0, 0.1) is 5.82 Å². The van der Waals surface area contributed by atoms with Crippen molar-refractivity contribution >= 4 is 5.97 Å². The van der Waals surface area contributed by atoms with Crippen LogP contribution in [0.5, 0.6) is 17.2 Å². The maximum absolute atomic E-state index is 13.4. The van der Waals surface area contributed by atoms with E-state index < -0.39 is 0 Å². The first-order valence-electron chi connectivity index (χ1n) is 11.4. The molecule has 4 nitrogen and oxygen atoms in total. The molecular weight excluding hydrogens is 419 g/mol. The van der Waals surface area contributed by atoms with Crippen LogP contribution in [0.25, 0.3) is 11.1 Å². The zero-order chi connectivity index (χ0) is 23.8. The second kappa shape index (κ2) is 11.5. The van der Waals surface area contributed by atoms with E-state index in [2.05, 4.69) is 13.0 Å². The van der Waals surface area contributed by atoms with E-state index in [1.165, 1.54) is 12.1 Å². The minimum absolute atomic E-state index is 0.261. The Bertz CT molecular complexity index is 1080. The molecule has 174 valence electrons. The van der Waals surface area contributed by atoms with E-state index in [1.807, 2.05) is 37.3 Å². The summed E-state index contributed by atoms with van der Waals surface area (Å²) in [5, 5.41) is 0. The third kappa shape index (κ3) is 6.13. The van der Waals surface area contributed by atoms with Gasteiger partial charge < -0.3 is 14.2 Å². The molecule has 1 atom stereocenters. The predicted octanol–water partition coefficient (Wildman–Crippen LogP) is 7.30. The normalized spacial score (nSPS) is 11.7. The van der Waals surface area contributed by atoms with Gasteiger partial charge in [-0.3, -0.25) is 4.79 Å². The van der Waals surface area contributed by atoms with Crippen molar-refractivity contribution in [3.63, 3.8) is 0 Å². The quantitative estimate of drug-likeness (QED) is 0.304. The molecule has 3 aromatic rings. The van der Waals surface area contributed by atoms with Crippen molar-refractivity contribution in [2.75, 3.05) is 13.7 Å². The number of rotatable bonds is 10. The maximum Gasteiger partial charge on any atom is 0.313 e. The molecule has 0 saturated heterocycles. The summed E-state index contributed by atoms with van der Waals surface area (Å²) in [5.74, 6) is 1.06. The van der Waals surface area contributed by atoms with Crippen molar-refractivity contribution in [1.29, 1.82) is 0 Å². The standard InChI is InChI=1S/C28H31FO4/c1-5-7-9-22-17-25(20-12-14-23(29)15-13-20)27(31-4)18-26(22)33-24-11-8-10-21(16-24)19(3)28(30)32-6-2/h8,10-19H,5-7,9H2,1-4H3. The number of methoxy groups -OCH3 is 1. The molecule has 0 aliphatic rings. The Balaban J connectivity index is 1.97. The third-order valence-electron chi connectivity index (χ3n) is 5.56. The minimum Gasteiger partial charge on any atom is -0.496 e. The SMILES string of the molecule is CCCCc1cc(-c2ccc(F)cc2)c(OC)cc1Oc1cccc(C(C)C(=O)OCC)c1. The molecule has 0 amide bonds. The molecule has 0 radical (unpaired) electrons. The van der Waals surface area contributed by atoms with Crippen LogP contribution in [-0.4, -0.2) is 19.7 Å². The number of ether oxygens (including phenoxy) is 3. The summed E-state index contributed by atoms with van der Waals surface area (Å²) >= 11 is 0. The van der Waals surface area contributed by atoms with E-state index in [4.69, 9.17) is 14.2 Å². The second-order valence-corrected chi connectivity index (χ2v) is 7.92. The fraction of sp³-hybridized carbons (Fsp3) is 0.321. The molecule has 3 aromatic carbocycles. The average molecular weight is 451 g/mol. The second-order valence-electron chi connectivity index (χ2n) is 7.92. The van der Waals surface area contributed by atoms with Gasteiger partial charge in [0.15, 0.2) is 0 Å². The van der Waals surface area contributed by atoms with Crippen molar-refractivity contribution in [2.45, 2.75) is 46.0 Å². The molecular formula is C28H31FO4. The average Bonchev–Trinajstić information content (AvgIpc) is 2.83. The van der Waals surface area contributed by atoms with E-state index in [9.17, 15) is 9.18 Å². The zero-order valence-corrected chi connectivity index (χ0v) is 19.7. The minimum atomic E-state index is -0.386. The number of aryl methyl sites for hydroxylation is 1.